The number of nitriles is 1. The normalized spacial score (nSPS) is 12.5. The molecule has 0 spiro atoms. The van der Waals surface area contributed by atoms with Gasteiger partial charge in [-0.25, -0.2) is 0 Å². The maximum absolute atomic E-state index is 8.44. The molecule has 0 bridgehead atoms. The Balaban J connectivity index is 2.59. The van der Waals surface area contributed by atoms with Crippen LogP contribution in [0.2, 0.25) is 0 Å². The molecule has 0 amide bonds. The highest BCUT2D eigenvalue weighted by atomic mass is 32.2. The third kappa shape index (κ3) is 2.24. The average Bonchev–Trinajstić information content (AvgIpc) is 2.35. The smallest absolute Gasteiger partial charge is 0.286 e. The summed E-state index contributed by atoms with van der Waals surface area (Å²) < 4.78 is 4.79. The van der Waals surface area contributed by atoms with Crippen molar-refractivity contribution in [3.63, 3.8) is 0 Å². The zero-order valence-electron chi connectivity index (χ0n) is 6.24. The molecular weight excluding hydrogens is 162 g/mol. The predicted octanol–water partition coefficient (Wildman–Crippen LogP) is 1.38. The van der Waals surface area contributed by atoms with Crippen molar-refractivity contribution in [2.45, 2.75) is 24.3 Å². The molecule has 1 rings (SSSR count). The van der Waals surface area contributed by atoms with E-state index >= 15 is 0 Å². The van der Waals surface area contributed by atoms with Gasteiger partial charge in [0.15, 0.2) is 5.82 Å². The average molecular weight is 169 g/mol. The lowest BCUT2D eigenvalue weighted by Gasteiger charge is -1.92. The second kappa shape index (κ2) is 3.39. The van der Waals surface area contributed by atoms with Crippen molar-refractivity contribution in [3.8, 4) is 6.07 Å². The van der Waals surface area contributed by atoms with Crippen molar-refractivity contribution in [3.05, 3.63) is 5.82 Å². The molecule has 58 valence electrons. The summed E-state index contributed by atoms with van der Waals surface area (Å²) in [4.78, 5) is 3.93. The summed E-state index contributed by atoms with van der Waals surface area (Å²) in [7, 11) is 0. The summed E-state index contributed by atoms with van der Waals surface area (Å²) >= 11 is 1.26. The van der Waals surface area contributed by atoms with Crippen LogP contribution in [0.4, 0.5) is 0 Å². The fourth-order valence-corrected chi connectivity index (χ4v) is 1.12. The van der Waals surface area contributed by atoms with Gasteiger partial charge in [0, 0.05) is 0 Å². The van der Waals surface area contributed by atoms with Gasteiger partial charge in [-0.3, -0.25) is 0 Å². The highest BCUT2D eigenvalue weighted by molar-refractivity contribution is 7.99. The molecule has 1 heterocycles. The van der Waals surface area contributed by atoms with Gasteiger partial charge < -0.3 is 4.52 Å². The Kier molecular flexibility index (Phi) is 2.49. The molecule has 1 aromatic rings. The molecule has 0 N–H and O–H groups in total. The van der Waals surface area contributed by atoms with Crippen LogP contribution in [0, 0.1) is 18.3 Å². The number of hydrogen-bond acceptors (Lipinski definition) is 5. The van der Waals surface area contributed by atoms with Crippen LogP contribution in [-0.4, -0.2) is 15.4 Å². The summed E-state index contributed by atoms with van der Waals surface area (Å²) in [6, 6.07) is 2.06. The second-order valence-electron chi connectivity index (χ2n) is 2.00. The Morgan fingerprint density at radius 1 is 1.73 bits per heavy atom. The van der Waals surface area contributed by atoms with Crippen molar-refractivity contribution in [2.24, 2.45) is 0 Å². The van der Waals surface area contributed by atoms with E-state index in [0.717, 1.165) is 0 Å². The van der Waals surface area contributed by atoms with E-state index in [4.69, 9.17) is 9.78 Å². The summed E-state index contributed by atoms with van der Waals surface area (Å²) in [5.41, 5.74) is 0. The van der Waals surface area contributed by atoms with Crippen molar-refractivity contribution < 1.29 is 4.52 Å². The number of thioether (sulfide) groups is 1. The maximum atomic E-state index is 8.44. The minimum absolute atomic E-state index is 0.144. The zero-order valence-corrected chi connectivity index (χ0v) is 7.05. The predicted molar refractivity (Wildman–Crippen MR) is 40.0 cm³/mol. The number of aryl methyl sites for hydroxylation is 1. The fourth-order valence-electron chi connectivity index (χ4n) is 0.503. The lowest BCUT2D eigenvalue weighted by Crippen LogP contribution is -1.88. The minimum atomic E-state index is -0.144. The van der Waals surface area contributed by atoms with Crippen molar-refractivity contribution in [1.29, 1.82) is 5.26 Å². The standard InChI is InChI=1S/C6H7N3OS/c1-4(3-7)11-6-8-5(2)9-10-6/h4H,1-2H3. The molecule has 0 saturated heterocycles. The summed E-state index contributed by atoms with van der Waals surface area (Å²) in [5.74, 6) is 0.595. The molecule has 4 nitrogen and oxygen atoms in total. The van der Waals surface area contributed by atoms with E-state index in [-0.39, 0.29) is 5.25 Å². The molecule has 0 aliphatic rings. The summed E-state index contributed by atoms with van der Waals surface area (Å²) in [6.07, 6.45) is 0. The van der Waals surface area contributed by atoms with Crippen LogP contribution in [-0.2, 0) is 0 Å². The first-order valence-electron chi connectivity index (χ1n) is 3.09. The van der Waals surface area contributed by atoms with Crippen LogP contribution < -0.4 is 0 Å². The van der Waals surface area contributed by atoms with E-state index in [2.05, 4.69) is 16.2 Å². The molecule has 1 unspecified atom stereocenters. The Bertz CT molecular complexity index is 278. The third-order valence-electron chi connectivity index (χ3n) is 0.968. The maximum Gasteiger partial charge on any atom is 0.286 e. The van der Waals surface area contributed by atoms with E-state index < -0.39 is 0 Å². The first-order chi connectivity index (χ1) is 5.22. The quantitative estimate of drug-likeness (QED) is 0.626. The van der Waals surface area contributed by atoms with Crippen LogP contribution in [0.1, 0.15) is 12.7 Å². The molecule has 5 heteroatoms. The van der Waals surface area contributed by atoms with Gasteiger partial charge in [-0.15, -0.1) is 0 Å². The minimum Gasteiger partial charge on any atom is -0.327 e. The fraction of sp³-hybridized carbons (Fsp3) is 0.500. The Morgan fingerprint density at radius 3 is 2.91 bits per heavy atom. The van der Waals surface area contributed by atoms with Crippen LogP contribution in [0.3, 0.4) is 0 Å². The topological polar surface area (TPSA) is 62.7 Å². The molecule has 1 aromatic heterocycles. The third-order valence-corrected chi connectivity index (χ3v) is 1.79. The van der Waals surface area contributed by atoms with Crippen LogP contribution in [0.15, 0.2) is 9.75 Å². The molecule has 0 fully saturated rings. The van der Waals surface area contributed by atoms with Gasteiger partial charge in [0.05, 0.1) is 11.3 Å². The van der Waals surface area contributed by atoms with E-state index in [1.165, 1.54) is 11.8 Å². The van der Waals surface area contributed by atoms with Gasteiger partial charge in [-0.05, 0) is 25.6 Å². The summed E-state index contributed by atoms with van der Waals surface area (Å²) in [5, 5.41) is 12.3. The Morgan fingerprint density at radius 2 is 2.45 bits per heavy atom. The molecule has 0 radical (unpaired) electrons. The molecule has 0 aromatic carbocycles. The van der Waals surface area contributed by atoms with Crippen LogP contribution >= 0.6 is 11.8 Å². The number of nitrogens with zero attached hydrogens (tertiary/aromatic N) is 3. The molecule has 0 aliphatic heterocycles. The van der Waals surface area contributed by atoms with Crippen molar-refractivity contribution >= 4 is 11.8 Å². The first kappa shape index (κ1) is 8.08. The Labute approximate surface area is 68.6 Å². The van der Waals surface area contributed by atoms with Gasteiger partial charge in [-0.2, -0.15) is 10.2 Å². The number of hydrogen-bond donors (Lipinski definition) is 0. The van der Waals surface area contributed by atoms with Gasteiger partial charge >= 0.3 is 0 Å². The Hall–Kier alpha value is -1.02. The molecule has 1 atom stereocenters. The summed E-state index contributed by atoms with van der Waals surface area (Å²) in [6.45, 7) is 3.52. The van der Waals surface area contributed by atoms with Gasteiger partial charge in [0.2, 0.25) is 0 Å². The lowest BCUT2D eigenvalue weighted by atomic mass is 10.5. The van der Waals surface area contributed by atoms with Crippen LogP contribution in [0.5, 0.6) is 0 Å². The van der Waals surface area contributed by atoms with Crippen LogP contribution in [0.25, 0.3) is 0 Å². The van der Waals surface area contributed by atoms with Gasteiger partial charge in [-0.1, -0.05) is 5.16 Å². The SMILES string of the molecule is Cc1noc(SC(C)C#N)n1. The largest absolute Gasteiger partial charge is 0.327 e. The monoisotopic (exact) mass is 169 g/mol. The van der Waals surface area contributed by atoms with E-state index in [0.29, 0.717) is 11.0 Å². The van der Waals surface area contributed by atoms with E-state index in [1.807, 2.05) is 0 Å². The van der Waals surface area contributed by atoms with E-state index in [9.17, 15) is 0 Å². The number of aromatic nitrogens is 2. The van der Waals surface area contributed by atoms with Crippen molar-refractivity contribution in [2.75, 3.05) is 0 Å². The second-order valence-corrected chi connectivity index (χ2v) is 3.29. The molecule has 0 saturated carbocycles. The lowest BCUT2D eigenvalue weighted by molar-refractivity contribution is 0.338. The molecule has 0 aliphatic carbocycles. The first-order valence-corrected chi connectivity index (χ1v) is 3.97. The van der Waals surface area contributed by atoms with Crippen molar-refractivity contribution in [1.82, 2.24) is 10.1 Å². The van der Waals surface area contributed by atoms with Gasteiger partial charge in [0.1, 0.15) is 0 Å². The number of rotatable bonds is 2. The molecular formula is C6H7N3OS. The van der Waals surface area contributed by atoms with Gasteiger partial charge in [0.25, 0.3) is 5.22 Å². The van der Waals surface area contributed by atoms with E-state index in [1.54, 1.807) is 13.8 Å². The highest BCUT2D eigenvalue weighted by Crippen LogP contribution is 2.19. The zero-order chi connectivity index (χ0) is 8.27. The highest BCUT2D eigenvalue weighted by Gasteiger charge is 2.07. The molecule has 11 heavy (non-hydrogen) atoms.